The Balaban J connectivity index is 1.67. The molecule has 0 aliphatic carbocycles. The SMILES string of the molecule is COC(CCn1ccc(=O)[nH]c1=S)C(O)(O)OP1OCc2cc(C)cc(C)c2O1. The topological polar surface area (TPSA) is 115 Å². The molecule has 2 unspecified atom stereocenters. The van der Waals surface area contributed by atoms with Gasteiger partial charge in [-0.25, -0.2) is 4.52 Å². The zero-order valence-corrected chi connectivity index (χ0v) is 18.0. The number of aliphatic hydroxyl groups is 2. The second-order valence-corrected chi connectivity index (χ2v) is 8.18. The fourth-order valence-electron chi connectivity index (χ4n) is 3.05. The third-order valence-corrected chi connectivity index (χ3v) is 5.85. The molecule has 0 saturated carbocycles. The van der Waals surface area contributed by atoms with Crippen molar-refractivity contribution < 1.29 is 28.5 Å². The van der Waals surface area contributed by atoms with Crippen molar-refractivity contribution in [2.75, 3.05) is 7.11 Å². The van der Waals surface area contributed by atoms with Crippen LogP contribution in [0.3, 0.4) is 0 Å². The van der Waals surface area contributed by atoms with Crippen LogP contribution in [-0.4, -0.2) is 39.0 Å². The zero-order valence-electron chi connectivity index (χ0n) is 16.2. The van der Waals surface area contributed by atoms with E-state index >= 15 is 0 Å². The Morgan fingerprint density at radius 1 is 1.41 bits per heavy atom. The summed E-state index contributed by atoms with van der Waals surface area (Å²) < 4.78 is 23.6. The highest BCUT2D eigenvalue weighted by atomic mass is 32.1. The quantitative estimate of drug-likeness (QED) is 0.340. The first-order chi connectivity index (χ1) is 13.7. The van der Waals surface area contributed by atoms with Crippen LogP contribution < -0.4 is 10.1 Å². The second kappa shape index (κ2) is 9.01. The third kappa shape index (κ3) is 5.29. The fraction of sp³-hybridized carbons (Fsp3) is 0.444. The monoisotopic (exact) mass is 442 g/mol. The minimum atomic E-state index is -2.65. The van der Waals surface area contributed by atoms with Crippen molar-refractivity contribution >= 4 is 20.8 Å². The van der Waals surface area contributed by atoms with E-state index in [2.05, 4.69) is 4.98 Å². The Kier molecular flexibility index (Phi) is 6.85. The number of nitrogens with one attached hydrogen (secondary N) is 1. The zero-order chi connectivity index (χ0) is 21.2. The molecule has 1 aromatic carbocycles. The first-order valence-corrected chi connectivity index (χ1v) is 10.4. The molecule has 3 rings (SSSR count). The van der Waals surface area contributed by atoms with Crippen LogP contribution in [0, 0.1) is 18.6 Å². The summed E-state index contributed by atoms with van der Waals surface area (Å²) in [6.07, 6.45) is 0.540. The Labute approximate surface area is 173 Å². The Morgan fingerprint density at radius 3 is 2.86 bits per heavy atom. The van der Waals surface area contributed by atoms with Crippen LogP contribution >= 0.6 is 20.8 Å². The van der Waals surface area contributed by atoms with Gasteiger partial charge in [0, 0.05) is 31.5 Å². The van der Waals surface area contributed by atoms with Crippen LogP contribution in [0.15, 0.2) is 29.2 Å². The van der Waals surface area contributed by atoms with Crippen LogP contribution in [-0.2, 0) is 26.9 Å². The second-order valence-electron chi connectivity index (χ2n) is 6.72. The molecule has 0 radical (unpaired) electrons. The van der Waals surface area contributed by atoms with Gasteiger partial charge in [-0.15, -0.1) is 0 Å². The molecule has 0 saturated heterocycles. The third-order valence-electron chi connectivity index (χ3n) is 4.43. The van der Waals surface area contributed by atoms with Crippen LogP contribution in [0.2, 0.25) is 0 Å². The number of aromatic amines is 1. The van der Waals surface area contributed by atoms with Crippen molar-refractivity contribution in [2.45, 2.75) is 45.5 Å². The van der Waals surface area contributed by atoms with Crippen LogP contribution in [0.5, 0.6) is 5.75 Å². The number of methoxy groups -OCH3 is 1. The molecule has 1 aliphatic heterocycles. The number of aryl methyl sites for hydroxylation is 3. The lowest BCUT2D eigenvalue weighted by Gasteiger charge is -2.33. The lowest BCUT2D eigenvalue weighted by atomic mass is 10.1. The Hall–Kier alpha value is -1.65. The summed E-state index contributed by atoms with van der Waals surface area (Å²) in [6, 6.07) is 5.24. The van der Waals surface area contributed by atoms with E-state index in [1.54, 1.807) is 4.57 Å². The van der Waals surface area contributed by atoms with Gasteiger partial charge in [-0.05, 0) is 38.0 Å². The van der Waals surface area contributed by atoms with E-state index in [4.69, 9.17) is 30.5 Å². The largest absolute Gasteiger partial charge is 0.426 e. The highest BCUT2D eigenvalue weighted by Crippen LogP contribution is 2.51. The van der Waals surface area contributed by atoms with E-state index in [9.17, 15) is 15.0 Å². The van der Waals surface area contributed by atoms with E-state index in [0.717, 1.165) is 16.7 Å². The molecule has 2 aromatic rings. The molecule has 11 heteroatoms. The fourth-order valence-corrected chi connectivity index (χ4v) is 4.44. The van der Waals surface area contributed by atoms with Gasteiger partial charge in [-0.2, -0.15) is 0 Å². The standard InChI is InChI=1S/C18H23N2O7PS/c1-11-8-12(2)16-13(9-11)10-25-28(26-16)27-18(22,23)14(24-3)4-6-20-7-5-15(21)19-17(20)29/h5,7-9,14,22-23H,4,6,10H2,1-3H3,(H,19,21,29). The number of nitrogens with zero attached hydrogens (tertiary/aromatic N) is 1. The highest BCUT2D eigenvalue weighted by molar-refractivity contribution is 7.71. The molecule has 29 heavy (non-hydrogen) atoms. The lowest BCUT2D eigenvalue weighted by molar-refractivity contribution is -0.345. The molecule has 0 bridgehead atoms. The van der Waals surface area contributed by atoms with Crippen LogP contribution in [0.4, 0.5) is 0 Å². The van der Waals surface area contributed by atoms with Gasteiger partial charge in [-0.1, -0.05) is 17.7 Å². The summed E-state index contributed by atoms with van der Waals surface area (Å²) >= 11 is 5.08. The van der Waals surface area contributed by atoms with E-state index in [0.29, 0.717) is 5.75 Å². The molecule has 0 fully saturated rings. The van der Waals surface area contributed by atoms with Crippen molar-refractivity contribution in [1.82, 2.24) is 9.55 Å². The smallest absolute Gasteiger partial charge is 0.402 e. The van der Waals surface area contributed by atoms with Crippen LogP contribution in [0.1, 0.15) is 23.1 Å². The molecule has 9 nitrogen and oxygen atoms in total. The summed E-state index contributed by atoms with van der Waals surface area (Å²) in [7, 11) is -0.708. The van der Waals surface area contributed by atoms with E-state index in [1.807, 2.05) is 26.0 Å². The maximum atomic E-state index is 11.3. The Bertz CT molecular complexity index is 991. The summed E-state index contributed by atoms with van der Waals surface area (Å²) in [5.74, 6) is -2.03. The molecular weight excluding hydrogens is 419 g/mol. The number of hydrogen-bond donors (Lipinski definition) is 3. The molecule has 158 valence electrons. The number of hydrogen-bond acceptors (Lipinski definition) is 8. The summed E-state index contributed by atoms with van der Waals surface area (Å²) in [6.45, 7) is 4.39. The minimum absolute atomic E-state index is 0.141. The van der Waals surface area contributed by atoms with Gasteiger partial charge in [0.25, 0.3) is 5.56 Å². The highest BCUT2D eigenvalue weighted by Gasteiger charge is 2.42. The number of fused-ring (bicyclic) bond motifs is 1. The van der Waals surface area contributed by atoms with E-state index in [1.165, 1.54) is 19.4 Å². The number of benzene rings is 1. The molecule has 1 aromatic heterocycles. The van der Waals surface area contributed by atoms with E-state index in [-0.39, 0.29) is 29.9 Å². The van der Waals surface area contributed by atoms with Gasteiger partial charge in [0.15, 0.2) is 4.77 Å². The predicted molar refractivity (Wildman–Crippen MR) is 108 cm³/mol. The van der Waals surface area contributed by atoms with Gasteiger partial charge < -0.3 is 24.0 Å². The van der Waals surface area contributed by atoms with E-state index < -0.39 is 20.7 Å². The summed E-state index contributed by atoms with van der Waals surface area (Å²) in [5, 5.41) is 20.9. The van der Waals surface area contributed by atoms with Gasteiger partial charge >= 0.3 is 14.6 Å². The van der Waals surface area contributed by atoms with Crippen molar-refractivity contribution in [3.8, 4) is 5.75 Å². The van der Waals surface area contributed by atoms with Crippen molar-refractivity contribution in [2.24, 2.45) is 0 Å². The first-order valence-electron chi connectivity index (χ1n) is 8.87. The molecule has 0 spiro atoms. The average molecular weight is 442 g/mol. The average Bonchev–Trinajstić information content (AvgIpc) is 2.63. The molecule has 2 atom stereocenters. The van der Waals surface area contributed by atoms with Gasteiger partial charge in [0.05, 0.1) is 6.61 Å². The normalized spacial score (nSPS) is 17.5. The summed E-state index contributed by atoms with van der Waals surface area (Å²) in [4.78, 5) is 13.8. The maximum Gasteiger partial charge on any atom is 0.402 e. The first kappa shape index (κ1) is 22.0. The number of aromatic nitrogens is 2. The Morgan fingerprint density at radius 2 is 2.17 bits per heavy atom. The molecule has 2 heterocycles. The van der Waals surface area contributed by atoms with Crippen LogP contribution in [0.25, 0.3) is 0 Å². The van der Waals surface area contributed by atoms with Crippen molar-refractivity contribution in [3.05, 3.63) is 56.2 Å². The van der Waals surface area contributed by atoms with Gasteiger partial charge in [-0.3, -0.25) is 14.3 Å². The predicted octanol–water partition coefficient (Wildman–Crippen LogP) is 2.42. The van der Waals surface area contributed by atoms with Gasteiger partial charge in [0.1, 0.15) is 11.9 Å². The molecule has 3 N–H and O–H groups in total. The van der Waals surface area contributed by atoms with Crippen molar-refractivity contribution in [1.29, 1.82) is 0 Å². The number of rotatable bonds is 7. The molecule has 1 aliphatic rings. The molecular formula is C18H23N2O7PS. The van der Waals surface area contributed by atoms with Gasteiger partial charge in [0.2, 0.25) is 0 Å². The molecule has 0 amide bonds. The summed E-state index contributed by atoms with van der Waals surface area (Å²) in [5.41, 5.74) is 2.56. The minimum Gasteiger partial charge on any atom is -0.426 e. The lowest BCUT2D eigenvalue weighted by Crippen LogP contribution is -2.45. The maximum absolute atomic E-state index is 11.3. The number of ether oxygens (including phenoxy) is 1. The number of H-pyrrole nitrogens is 1. The van der Waals surface area contributed by atoms with Crippen molar-refractivity contribution in [3.63, 3.8) is 0 Å².